The third-order valence-electron chi connectivity index (χ3n) is 3.14. The zero-order valence-corrected chi connectivity index (χ0v) is 11.6. The highest BCUT2D eigenvalue weighted by molar-refractivity contribution is 9.10. The highest BCUT2D eigenvalue weighted by Crippen LogP contribution is 2.35. The van der Waals surface area contributed by atoms with Gasteiger partial charge in [0.15, 0.2) is 0 Å². The first-order valence-corrected chi connectivity index (χ1v) is 6.52. The van der Waals surface area contributed by atoms with Crippen molar-refractivity contribution in [2.24, 2.45) is 0 Å². The van der Waals surface area contributed by atoms with E-state index in [-0.39, 0.29) is 12.3 Å². The Balaban J connectivity index is 1.99. The molecule has 0 atom stereocenters. The van der Waals surface area contributed by atoms with Gasteiger partial charge >= 0.3 is 5.97 Å². The number of benzene rings is 1. The zero-order chi connectivity index (χ0) is 13.3. The van der Waals surface area contributed by atoms with Gasteiger partial charge in [0, 0.05) is 4.47 Å². The second kappa shape index (κ2) is 4.72. The van der Waals surface area contributed by atoms with Crippen molar-refractivity contribution in [3.05, 3.63) is 33.8 Å². The fraction of sp³-hybridized carbons (Fsp3) is 0.385. The van der Waals surface area contributed by atoms with Gasteiger partial charge in [-0.15, -0.1) is 0 Å². The van der Waals surface area contributed by atoms with Crippen LogP contribution in [0.15, 0.2) is 22.7 Å². The standard InChI is InChI=1S/C13H14BrNO3/c1-8-2-3-9(6-10(8)14)7-11(16)15-13(4-5-13)12(17)18/h2-3,6H,4-5,7H2,1H3,(H,15,16)(H,17,18). The van der Waals surface area contributed by atoms with Crippen LogP contribution in [0.4, 0.5) is 0 Å². The van der Waals surface area contributed by atoms with Gasteiger partial charge in [-0.05, 0) is 37.0 Å². The molecule has 0 aliphatic heterocycles. The lowest BCUT2D eigenvalue weighted by atomic mass is 10.1. The fourth-order valence-electron chi connectivity index (χ4n) is 1.76. The molecule has 0 saturated heterocycles. The number of aliphatic carboxylic acids is 1. The maximum absolute atomic E-state index is 11.8. The second-order valence-corrected chi connectivity index (χ2v) is 5.55. The van der Waals surface area contributed by atoms with E-state index in [2.05, 4.69) is 21.2 Å². The molecule has 1 aromatic carbocycles. The smallest absolute Gasteiger partial charge is 0.329 e. The van der Waals surface area contributed by atoms with Gasteiger partial charge in [-0.2, -0.15) is 0 Å². The summed E-state index contributed by atoms with van der Waals surface area (Å²) in [6.07, 6.45) is 1.24. The normalized spacial score (nSPS) is 16.1. The largest absolute Gasteiger partial charge is 0.480 e. The van der Waals surface area contributed by atoms with Crippen LogP contribution in [-0.2, 0) is 16.0 Å². The van der Waals surface area contributed by atoms with Gasteiger partial charge in [-0.1, -0.05) is 28.1 Å². The molecule has 96 valence electrons. The van der Waals surface area contributed by atoms with Crippen molar-refractivity contribution in [2.75, 3.05) is 0 Å². The Morgan fingerprint density at radius 2 is 2.11 bits per heavy atom. The molecule has 0 bridgehead atoms. The van der Waals surface area contributed by atoms with Gasteiger partial charge in [0.25, 0.3) is 0 Å². The Bertz CT molecular complexity index is 509. The van der Waals surface area contributed by atoms with Gasteiger partial charge in [-0.25, -0.2) is 4.79 Å². The topological polar surface area (TPSA) is 66.4 Å². The van der Waals surface area contributed by atoms with Crippen LogP contribution in [0.5, 0.6) is 0 Å². The Labute approximate surface area is 114 Å². The van der Waals surface area contributed by atoms with Crippen LogP contribution in [0.1, 0.15) is 24.0 Å². The molecule has 1 fully saturated rings. The third-order valence-corrected chi connectivity index (χ3v) is 3.99. The van der Waals surface area contributed by atoms with Crippen LogP contribution >= 0.6 is 15.9 Å². The minimum atomic E-state index is -1.00. The van der Waals surface area contributed by atoms with Gasteiger partial charge in [0.05, 0.1) is 6.42 Å². The number of hydrogen-bond acceptors (Lipinski definition) is 2. The van der Waals surface area contributed by atoms with Gasteiger partial charge < -0.3 is 10.4 Å². The molecule has 0 unspecified atom stereocenters. The summed E-state index contributed by atoms with van der Waals surface area (Å²) < 4.78 is 0.951. The number of carboxylic acid groups (broad SMARTS) is 1. The molecule has 2 rings (SSSR count). The molecule has 2 N–H and O–H groups in total. The summed E-state index contributed by atoms with van der Waals surface area (Å²) in [6.45, 7) is 1.97. The first kappa shape index (κ1) is 13.1. The lowest BCUT2D eigenvalue weighted by Gasteiger charge is -2.12. The maximum Gasteiger partial charge on any atom is 0.329 e. The number of halogens is 1. The van der Waals surface area contributed by atoms with E-state index in [0.717, 1.165) is 15.6 Å². The Morgan fingerprint density at radius 3 is 2.61 bits per heavy atom. The summed E-state index contributed by atoms with van der Waals surface area (Å²) in [7, 11) is 0. The van der Waals surface area contributed by atoms with E-state index in [9.17, 15) is 9.59 Å². The first-order chi connectivity index (χ1) is 8.43. The number of rotatable bonds is 4. The molecule has 0 heterocycles. The van der Waals surface area contributed by atoms with Crippen molar-refractivity contribution in [3.8, 4) is 0 Å². The van der Waals surface area contributed by atoms with Gasteiger partial charge in [0.1, 0.15) is 5.54 Å². The second-order valence-electron chi connectivity index (χ2n) is 4.70. The Hall–Kier alpha value is -1.36. The van der Waals surface area contributed by atoms with E-state index < -0.39 is 11.5 Å². The molecule has 1 amide bonds. The van der Waals surface area contributed by atoms with E-state index >= 15 is 0 Å². The average Bonchev–Trinajstić information content (AvgIpc) is 3.04. The molecule has 1 aliphatic carbocycles. The summed E-state index contributed by atoms with van der Waals surface area (Å²) in [5.41, 5.74) is 0.966. The molecular formula is C13H14BrNO3. The van der Waals surface area contributed by atoms with Crippen LogP contribution in [0.25, 0.3) is 0 Å². The van der Waals surface area contributed by atoms with Crippen LogP contribution < -0.4 is 5.32 Å². The highest BCUT2D eigenvalue weighted by atomic mass is 79.9. The first-order valence-electron chi connectivity index (χ1n) is 5.72. The van der Waals surface area contributed by atoms with Crippen molar-refractivity contribution in [2.45, 2.75) is 31.7 Å². The van der Waals surface area contributed by atoms with Crippen molar-refractivity contribution >= 4 is 27.8 Å². The van der Waals surface area contributed by atoms with E-state index in [1.807, 2.05) is 25.1 Å². The summed E-state index contributed by atoms with van der Waals surface area (Å²) in [5.74, 6) is -1.19. The number of carboxylic acids is 1. The minimum Gasteiger partial charge on any atom is -0.480 e. The van der Waals surface area contributed by atoms with E-state index in [1.54, 1.807) is 0 Å². The van der Waals surface area contributed by atoms with Crippen molar-refractivity contribution in [1.29, 1.82) is 0 Å². The molecule has 1 aliphatic rings. The molecule has 0 aromatic heterocycles. The lowest BCUT2D eigenvalue weighted by molar-refractivity contribution is -0.143. The van der Waals surface area contributed by atoms with E-state index in [4.69, 9.17) is 5.11 Å². The summed E-state index contributed by atoms with van der Waals surface area (Å²) >= 11 is 3.41. The fourth-order valence-corrected chi connectivity index (χ4v) is 2.19. The zero-order valence-electron chi connectivity index (χ0n) is 10.00. The molecule has 18 heavy (non-hydrogen) atoms. The van der Waals surface area contributed by atoms with Crippen LogP contribution in [-0.4, -0.2) is 22.5 Å². The molecule has 4 nitrogen and oxygen atoms in total. The van der Waals surface area contributed by atoms with Crippen molar-refractivity contribution in [3.63, 3.8) is 0 Å². The molecule has 1 saturated carbocycles. The number of hydrogen-bond donors (Lipinski definition) is 2. The summed E-state index contributed by atoms with van der Waals surface area (Å²) in [6, 6.07) is 5.69. The molecule has 0 radical (unpaired) electrons. The number of carbonyl (C=O) groups is 2. The molecular weight excluding hydrogens is 298 g/mol. The Morgan fingerprint density at radius 1 is 1.44 bits per heavy atom. The lowest BCUT2D eigenvalue weighted by Crippen LogP contribution is -2.43. The average molecular weight is 312 g/mol. The Kier molecular flexibility index (Phi) is 3.43. The predicted octanol–water partition coefficient (Wildman–Crippen LogP) is 2.03. The monoisotopic (exact) mass is 311 g/mol. The number of amides is 1. The summed E-state index contributed by atoms with van der Waals surface area (Å²) in [5, 5.41) is 11.6. The van der Waals surface area contributed by atoms with E-state index in [1.165, 1.54) is 0 Å². The molecule has 5 heteroatoms. The predicted molar refractivity (Wildman–Crippen MR) is 70.3 cm³/mol. The van der Waals surface area contributed by atoms with Gasteiger partial charge in [0.2, 0.25) is 5.91 Å². The SMILES string of the molecule is Cc1ccc(CC(=O)NC2(C(=O)O)CC2)cc1Br. The minimum absolute atomic E-state index is 0.202. The summed E-state index contributed by atoms with van der Waals surface area (Å²) in [4.78, 5) is 22.7. The highest BCUT2D eigenvalue weighted by Gasteiger charge is 2.51. The third kappa shape index (κ3) is 2.72. The molecule has 1 aromatic rings. The van der Waals surface area contributed by atoms with Crippen molar-refractivity contribution in [1.82, 2.24) is 5.32 Å². The van der Waals surface area contributed by atoms with Crippen LogP contribution in [0.3, 0.4) is 0 Å². The van der Waals surface area contributed by atoms with Crippen LogP contribution in [0.2, 0.25) is 0 Å². The number of carbonyl (C=O) groups excluding carboxylic acids is 1. The van der Waals surface area contributed by atoms with E-state index in [0.29, 0.717) is 12.8 Å². The number of aryl methyl sites for hydroxylation is 1. The quantitative estimate of drug-likeness (QED) is 0.894. The maximum atomic E-state index is 11.8. The van der Waals surface area contributed by atoms with Crippen molar-refractivity contribution < 1.29 is 14.7 Å². The van der Waals surface area contributed by atoms with Gasteiger partial charge in [-0.3, -0.25) is 4.79 Å². The number of nitrogens with one attached hydrogen (secondary N) is 1. The molecule has 0 spiro atoms. The van der Waals surface area contributed by atoms with Crippen LogP contribution in [0, 0.1) is 6.92 Å².